The van der Waals surface area contributed by atoms with E-state index in [0.29, 0.717) is 0 Å². The first-order chi connectivity index (χ1) is 19.8. The van der Waals surface area contributed by atoms with E-state index < -0.39 is 0 Å². The van der Waals surface area contributed by atoms with Gasteiger partial charge in [0.05, 0.1) is 5.52 Å². The summed E-state index contributed by atoms with van der Waals surface area (Å²) in [6, 6.07) is 48.5. The van der Waals surface area contributed by atoms with E-state index in [2.05, 4.69) is 138 Å². The third kappa shape index (κ3) is 4.09. The Balaban J connectivity index is 0.00000130. The van der Waals surface area contributed by atoms with E-state index in [0.717, 1.165) is 0 Å². The summed E-state index contributed by atoms with van der Waals surface area (Å²) in [5.41, 5.74) is 9.71. The number of nitrogens with one attached hydrogen (secondary N) is 1. The Kier molecular flexibility index (Phi) is 6.18. The fraction of sp³-hybridized carbons (Fsp3) is 0.0526. The Morgan fingerprint density at radius 3 is 1.93 bits per heavy atom. The molecule has 8 rings (SSSR count). The molecule has 0 unspecified atom stereocenters. The van der Waals surface area contributed by atoms with Crippen molar-refractivity contribution in [3.63, 3.8) is 0 Å². The van der Waals surface area contributed by atoms with Crippen molar-refractivity contribution < 1.29 is 0 Å². The second kappa shape index (κ2) is 10.1. The van der Waals surface area contributed by atoms with Crippen LogP contribution in [0.15, 0.2) is 133 Å². The Morgan fingerprint density at radius 2 is 1.07 bits per heavy atom. The molecular weight excluding hydrogens is 502 g/mol. The van der Waals surface area contributed by atoms with Crippen molar-refractivity contribution in [3.8, 4) is 33.4 Å². The highest BCUT2D eigenvalue weighted by Gasteiger charge is 2.13. The molecule has 2 heterocycles. The molecule has 2 aromatic heterocycles. The molecule has 0 aliphatic carbocycles. The lowest BCUT2D eigenvalue weighted by molar-refractivity contribution is 1.50. The largest absolute Gasteiger partial charge is 0.354 e. The van der Waals surface area contributed by atoms with Crippen LogP contribution in [0.5, 0.6) is 0 Å². The lowest BCUT2D eigenvalue weighted by Crippen LogP contribution is -1.87. The van der Waals surface area contributed by atoms with E-state index in [9.17, 15) is 0 Å². The topological polar surface area (TPSA) is 15.8 Å². The molecule has 0 aliphatic rings. The highest BCUT2D eigenvalue weighted by molar-refractivity contribution is 7.25. The van der Waals surface area contributed by atoms with Crippen molar-refractivity contribution in [3.05, 3.63) is 133 Å². The summed E-state index contributed by atoms with van der Waals surface area (Å²) < 4.78 is 2.67. The van der Waals surface area contributed by atoms with Gasteiger partial charge < -0.3 is 4.98 Å². The third-order valence-corrected chi connectivity index (χ3v) is 8.75. The minimum absolute atomic E-state index is 1.17. The molecule has 0 amide bonds. The minimum atomic E-state index is 1.17. The summed E-state index contributed by atoms with van der Waals surface area (Å²) in [6.07, 6.45) is 0. The van der Waals surface area contributed by atoms with E-state index >= 15 is 0 Å². The molecular formula is C38H29NS. The molecule has 8 aromatic rings. The van der Waals surface area contributed by atoms with E-state index in [-0.39, 0.29) is 0 Å². The Hall–Kier alpha value is -4.66. The van der Waals surface area contributed by atoms with Crippen molar-refractivity contribution in [2.24, 2.45) is 0 Å². The Labute approximate surface area is 238 Å². The highest BCUT2D eigenvalue weighted by atomic mass is 32.1. The van der Waals surface area contributed by atoms with Crippen LogP contribution < -0.4 is 0 Å². The molecule has 2 heteroatoms. The number of benzene rings is 6. The maximum Gasteiger partial charge on any atom is 0.0544 e. The van der Waals surface area contributed by atoms with Gasteiger partial charge in [0.15, 0.2) is 0 Å². The van der Waals surface area contributed by atoms with Gasteiger partial charge in [-0.3, -0.25) is 0 Å². The highest BCUT2D eigenvalue weighted by Crippen LogP contribution is 2.40. The van der Waals surface area contributed by atoms with Crippen LogP contribution in [0.3, 0.4) is 0 Å². The van der Waals surface area contributed by atoms with Gasteiger partial charge in [-0.2, -0.15) is 0 Å². The fourth-order valence-electron chi connectivity index (χ4n) is 5.77. The molecule has 0 saturated heterocycles. The van der Waals surface area contributed by atoms with Crippen LogP contribution in [0.25, 0.3) is 75.4 Å². The molecule has 0 saturated carbocycles. The number of para-hydroxylation sites is 2. The van der Waals surface area contributed by atoms with Crippen LogP contribution in [0.4, 0.5) is 0 Å². The smallest absolute Gasteiger partial charge is 0.0544 e. The van der Waals surface area contributed by atoms with Crippen molar-refractivity contribution in [2.75, 3.05) is 0 Å². The monoisotopic (exact) mass is 531 g/mol. The van der Waals surface area contributed by atoms with Gasteiger partial charge in [-0.15, -0.1) is 11.3 Å². The summed E-state index contributed by atoms with van der Waals surface area (Å²) in [6.45, 7) is 4.00. The normalized spacial score (nSPS) is 11.2. The van der Waals surface area contributed by atoms with Gasteiger partial charge in [0, 0.05) is 42.0 Å². The predicted molar refractivity (Wildman–Crippen MR) is 176 cm³/mol. The Bertz CT molecular complexity index is 2130. The van der Waals surface area contributed by atoms with E-state index in [1.54, 1.807) is 0 Å². The SMILES string of the molecule is CC.c1ccc(-c2cc(-c3ccc4sc5ccccc5c4c3)cc(-c3cccc4c3[nH]c3ccccc34)c2)cc1. The number of rotatable bonds is 3. The average molecular weight is 532 g/mol. The standard InChI is InChI=1S/C36H23NS.C2H6/c1-2-9-23(10-3-1)25-19-26(24-17-18-35-32(22-24)30-12-5-7-16-34(30)38-35)21-27(20-25)28-13-8-14-31-29-11-4-6-15-33(29)37-36(28)31;1-2/h1-22,37H;1-2H3. The van der Waals surface area contributed by atoms with Crippen LogP contribution in [-0.4, -0.2) is 4.98 Å². The number of hydrogen-bond donors (Lipinski definition) is 1. The van der Waals surface area contributed by atoms with Crippen LogP contribution in [0.1, 0.15) is 13.8 Å². The van der Waals surface area contributed by atoms with Gasteiger partial charge in [0.2, 0.25) is 0 Å². The van der Waals surface area contributed by atoms with Gasteiger partial charge in [-0.25, -0.2) is 0 Å². The number of hydrogen-bond acceptors (Lipinski definition) is 1. The molecule has 6 aromatic carbocycles. The maximum absolute atomic E-state index is 3.71. The first kappa shape index (κ1) is 24.4. The first-order valence-corrected chi connectivity index (χ1v) is 14.8. The van der Waals surface area contributed by atoms with Crippen LogP contribution in [0.2, 0.25) is 0 Å². The summed E-state index contributed by atoms with van der Waals surface area (Å²) >= 11 is 1.86. The fourth-order valence-corrected chi connectivity index (χ4v) is 6.85. The van der Waals surface area contributed by atoms with Crippen molar-refractivity contribution in [1.29, 1.82) is 0 Å². The average Bonchev–Trinajstić information content (AvgIpc) is 3.60. The number of aromatic amines is 1. The van der Waals surface area contributed by atoms with Gasteiger partial charge in [-0.05, 0) is 70.3 Å². The van der Waals surface area contributed by atoms with Crippen LogP contribution in [0, 0.1) is 0 Å². The summed E-state index contributed by atoms with van der Waals surface area (Å²) in [5, 5.41) is 5.18. The minimum Gasteiger partial charge on any atom is -0.354 e. The number of aromatic nitrogens is 1. The predicted octanol–water partition coefficient (Wildman–Crippen LogP) is 11.7. The van der Waals surface area contributed by atoms with Crippen molar-refractivity contribution >= 4 is 53.3 Å². The second-order valence-corrected chi connectivity index (χ2v) is 11.0. The molecule has 0 atom stereocenters. The van der Waals surface area contributed by atoms with Gasteiger partial charge in [0.1, 0.15) is 0 Å². The molecule has 0 bridgehead atoms. The van der Waals surface area contributed by atoms with E-state index in [1.807, 2.05) is 25.2 Å². The molecule has 40 heavy (non-hydrogen) atoms. The number of H-pyrrole nitrogens is 1. The van der Waals surface area contributed by atoms with Crippen molar-refractivity contribution in [2.45, 2.75) is 13.8 Å². The van der Waals surface area contributed by atoms with Crippen LogP contribution in [-0.2, 0) is 0 Å². The zero-order valence-electron chi connectivity index (χ0n) is 22.6. The summed E-state index contributed by atoms with van der Waals surface area (Å²) in [4.78, 5) is 3.71. The Morgan fingerprint density at radius 1 is 0.425 bits per heavy atom. The molecule has 1 nitrogen and oxygen atoms in total. The van der Waals surface area contributed by atoms with Gasteiger partial charge in [-0.1, -0.05) is 105 Å². The molecule has 1 N–H and O–H groups in total. The zero-order valence-corrected chi connectivity index (χ0v) is 23.4. The van der Waals surface area contributed by atoms with Gasteiger partial charge in [0.25, 0.3) is 0 Å². The summed E-state index contributed by atoms with van der Waals surface area (Å²) in [5.74, 6) is 0. The third-order valence-electron chi connectivity index (χ3n) is 7.60. The first-order valence-electron chi connectivity index (χ1n) is 13.9. The molecule has 0 spiro atoms. The number of thiophene rings is 1. The second-order valence-electron chi connectivity index (χ2n) is 9.87. The summed E-state index contributed by atoms with van der Waals surface area (Å²) in [7, 11) is 0. The number of fused-ring (bicyclic) bond motifs is 6. The van der Waals surface area contributed by atoms with Crippen molar-refractivity contribution in [1.82, 2.24) is 4.98 Å². The van der Waals surface area contributed by atoms with Crippen LogP contribution >= 0.6 is 11.3 Å². The van der Waals surface area contributed by atoms with Gasteiger partial charge >= 0.3 is 0 Å². The molecule has 0 fully saturated rings. The maximum atomic E-state index is 3.71. The van der Waals surface area contributed by atoms with E-state index in [4.69, 9.17) is 0 Å². The molecule has 0 aliphatic heterocycles. The van der Waals surface area contributed by atoms with E-state index in [1.165, 1.54) is 75.4 Å². The quantitative estimate of drug-likeness (QED) is 0.233. The molecule has 192 valence electrons. The lowest BCUT2D eigenvalue weighted by atomic mass is 9.92. The molecule has 0 radical (unpaired) electrons. The lowest BCUT2D eigenvalue weighted by Gasteiger charge is -2.12. The zero-order chi connectivity index (χ0) is 27.1.